The molecule has 0 unspecified atom stereocenters. The number of anilines is 1. The van der Waals surface area contributed by atoms with Crippen LogP contribution in [0.3, 0.4) is 0 Å². The Bertz CT molecular complexity index is 420. The summed E-state index contributed by atoms with van der Waals surface area (Å²) in [5.41, 5.74) is 0. The predicted molar refractivity (Wildman–Crippen MR) is 73.9 cm³/mol. The third kappa shape index (κ3) is 4.35. The van der Waals surface area contributed by atoms with Gasteiger partial charge in [-0.1, -0.05) is 19.0 Å². The van der Waals surface area contributed by atoms with Gasteiger partial charge in [0.15, 0.2) is 5.82 Å². The Kier molecular flexibility index (Phi) is 4.58. The van der Waals surface area contributed by atoms with Crippen LogP contribution in [0, 0.1) is 18.8 Å². The smallest absolute Gasteiger partial charge is 0.226 e. The SMILES string of the molecule is Cc1cc(NC(=O)CCN2C[C@@H](C)C[C@H](C)C2)no1. The zero-order chi connectivity index (χ0) is 13.8. The minimum Gasteiger partial charge on any atom is -0.360 e. The molecule has 1 aromatic rings. The van der Waals surface area contributed by atoms with Crippen molar-refractivity contribution in [3.05, 3.63) is 11.8 Å². The van der Waals surface area contributed by atoms with Crippen molar-refractivity contribution in [3.63, 3.8) is 0 Å². The van der Waals surface area contributed by atoms with E-state index in [1.807, 2.05) is 0 Å². The van der Waals surface area contributed by atoms with Gasteiger partial charge in [0.1, 0.15) is 5.76 Å². The molecule has 1 amide bonds. The number of hydrogen-bond donors (Lipinski definition) is 1. The fourth-order valence-electron chi connectivity index (χ4n) is 2.86. The standard InChI is InChI=1S/C14H23N3O2/c1-10-6-11(2)9-17(8-10)5-4-14(18)15-13-7-12(3)19-16-13/h7,10-11H,4-6,8-9H2,1-3H3,(H,15,16,18)/t10-,11-/m0/s1. The fourth-order valence-corrected chi connectivity index (χ4v) is 2.86. The highest BCUT2D eigenvalue weighted by atomic mass is 16.5. The van der Waals surface area contributed by atoms with E-state index in [0.717, 1.165) is 31.5 Å². The molecule has 2 atom stereocenters. The van der Waals surface area contributed by atoms with Crippen LogP contribution in [0.2, 0.25) is 0 Å². The van der Waals surface area contributed by atoms with Crippen molar-refractivity contribution in [3.8, 4) is 0 Å². The van der Waals surface area contributed by atoms with Gasteiger partial charge < -0.3 is 14.7 Å². The lowest BCUT2D eigenvalue weighted by molar-refractivity contribution is -0.116. The second-order valence-corrected chi connectivity index (χ2v) is 5.83. The Labute approximate surface area is 114 Å². The van der Waals surface area contributed by atoms with Crippen LogP contribution in [0.1, 0.15) is 32.4 Å². The summed E-state index contributed by atoms with van der Waals surface area (Å²) >= 11 is 0. The van der Waals surface area contributed by atoms with E-state index >= 15 is 0 Å². The molecule has 0 spiro atoms. The summed E-state index contributed by atoms with van der Waals surface area (Å²) in [5, 5.41) is 6.51. The van der Waals surface area contributed by atoms with E-state index in [-0.39, 0.29) is 5.91 Å². The van der Waals surface area contributed by atoms with Crippen molar-refractivity contribution in [2.45, 2.75) is 33.6 Å². The molecule has 1 N–H and O–H groups in total. The molecule has 1 aromatic heterocycles. The van der Waals surface area contributed by atoms with Gasteiger partial charge in [-0.3, -0.25) is 4.79 Å². The molecule has 0 aliphatic carbocycles. The summed E-state index contributed by atoms with van der Waals surface area (Å²) < 4.78 is 4.91. The van der Waals surface area contributed by atoms with E-state index in [4.69, 9.17) is 4.52 Å². The molecule has 19 heavy (non-hydrogen) atoms. The van der Waals surface area contributed by atoms with E-state index in [1.165, 1.54) is 6.42 Å². The van der Waals surface area contributed by atoms with Crippen LogP contribution in [-0.2, 0) is 4.79 Å². The van der Waals surface area contributed by atoms with Gasteiger partial charge in [0.25, 0.3) is 0 Å². The van der Waals surface area contributed by atoms with Crippen LogP contribution >= 0.6 is 0 Å². The molecule has 0 aromatic carbocycles. The van der Waals surface area contributed by atoms with E-state index in [9.17, 15) is 4.79 Å². The van der Waals surface area contributed by atoms with Crippen molar-refractivity contribution in [2.24, 2.45) is 11.8 Å². The zero-order valence-corrected chi connectivity index (χ0v) is 12.0. The molecular weight excluding hydrogens is 242 g/mol. The first kappa shape index (κ1) is 14.1. The maximum Gasteiger partial charge on any atom is 0.226 e. The highest BCUT2D eigenvalue weighted by Crippen LogP contribution is 2.20. The largest absolute Gasteiger partial charge is 0.360 e. The van der Waals surface area contributed by atoms with Gasteiger partial charge in [-0.2, -0.15) is 0 Å². The molecule has 5 nitrogen and oxygen atoms in total. The van der Waals surface area contributed by atoms with Crippen LogP contribution in [0.15, 0.2) is 10.6 Å². The number of amides is 1. The maximum atomic E-state index is 11.8. The Morgan fingerprint density at radius 1 is 1.47 bits per heavy atom. The number of rotatable bonds is 4. The molecule has 1 aliphatic heterocycles. The minimum atomic E-state index is -0.000760. The summed E-state index contributed by atoms with van der Waals surface area (Å²) in [6.45, 7) is 9.37. The quantitative estimate of drug-likeness (QED) is 0.907. The summed E-state index contributed by atoms with van der Waals surface area (Å²) in [5.74, 6) is 2.66. The van der Waals surface area contributed by atoms with Gasteiger partial charge >= 0.3 is 0 Å². The molecule has 0 saturated carbocycles. The van der Waals surface area contributed by atoms with Gasteiger partial charge in [0.05, 0.1) is 0 Å². The lowest BCUT2D eigenvalue weighted by atomic mass is 9.92. The van der Waals surface area contributed by atoms with Gasteiger partial charge in [-0.15, -0.1) is 0 Å². The third-order valence-electron chi connectivity index (χ3n) is 3.50. The number of piperidine rings is 1. The first-order valence-electron chi connectivity index (χ1n) is 6.98. The Hall–Kier alpha value is -1.36. The molecule has 1 saturated heterocycles. The van der Waals surface area contributed by atoms with E-state index < -0.39 is 0 Å². The van der Waals surface area contributed by atoms with Crippen molar-refractivity contribution in [1.82, 2.24) is 10.1 Å². The summed E-state index contributed by atoms with van der Waals surface area (Å²) in [6.07, 6.45) is 1.80. The topological polar surface area (TPSA) is 58.4 Å². The van der Waals surface area contributed by atoms with Crippen LogP contribution in [-0.4, -0.2) is 35.6 Å². The summed E-state index contributed by atoms with van der Waals surface area (Å²) in [4.78, 5) is 14.2. The van der Waals surface area contributed by atoms with Crippen LogP contribution in [0.4, 0.5) is 5.82 Å². The molecule has 0 bridgehead atoms. The molecule has 106 valence electrons. The Morgan fingerprint density at radius 3 is 2.74 bits per heavy atom. The molecular formula is C14H23N3O2. The lowest BCUT2D eigenvalue weighted by Crippen LogP contribution is -2.40. The van der Waals surface area contributed by atoms with Gasteiger partial charge in [-0.05, 0) is 25.2 Å². The average Bonchev–Trinajstić information content (AvgIpc) is 2.71. The monoisotopic (exact) mass is 265 g/mol. The molecule has 1 fully saturated rings. The Morgan fingerprint density at radius 2 is 2.16 bits per heavy atom. The number of carbonyl (C=O) groups excluding carboxylic acids is 1. The van der Waals surface area contributed by atoms with E-state index in [0.29, 0.717) is 18.0 Å². The molecule has 0 radical (unpaired) electrons. The predicted octanol–water partition coefficient (Wildman–Crippen LogP) is 2.29. The highest BCUT2D eigenvalue weighted by molar-refractivity contribution is 5.89. The second kappa shape index (κ2) is 6.19. The van der Waals surface area contributed by atoms with Crippen molar-refractivity contribution in [2.75, 3.05) is 25.0 Å². The first-order valence-corrected chi connectivity index (χ1v) is 6.98. The van der Waals surface area contributed by atoms with Crippen molar-refractivity contribution < 1.29 is 9.32 Å². The van der Waals surface area contributed by atoms with Crippen molar-refractivity contribution >= 4 is 11.7 Å². The first-order chi connectivity index (χ1) is 9.02. The number of likely N-dealkylation sites (tertiary alicyclic amines) is 1. The number of hydrogen-bond acceptors (Lipinski definition) is 4. The lowest BCUT2D eigenvalue weighted by Gasteiger charge is -2.34. The van der Waals surface area contributed by atoms with E-state index in [2.05, 4.69) is 29.2 Å². The van der Waals surface area contributed by atoms with Crippen molar-refractivity contribution in [1.29, 1.82) is 0 Å². The minimum absolute atomic E-state index is 0.000760. The van der Waals surface area contributed by atoms with E-state index in [1.54, 1.807) is 13.0 Å². The second-order valence-electron chi connectivity index (χ2n) is 5.83. The van der Waals surface area contributed by atoms with Crippen LogP contribution in [0.25, 0.3) is 0 Å². The number of aromatic nitrogens is 1. The van der Waals surface area contributed by atoms with Gasteiger partial charge in [0.2, 0.25) is 5.91 Å². The van der Waals surface area contributed by atoms with Gasteiger partial charge in [-0.25, -0.2) is 0 Å². The highest BCUT2D eigenvalue weighted by Gasteiger charge is 2.21. The third-order valence-corrected chi connectivity index (χ3v) is 3.50. The normalized spacial score (nSPS) is 24.4. The van der Waals surface area contributed by atoms with Crippen LogP contribution < -0.4 is 5.32 Å². The zero-order valence-electron chi connectivity index (χ0n) is 12.0. The number of nitrogens with one attached hydrogen (secondary N) is 1. The number of aryl methyl sites for hydroxylation is 1. The molecule has 2 rings (SSSR count). The fraction of sp³-hybridized carbons (Fsp3) is 0.714. The summed E-state index contributed by atoms with van der Waals surface area (Å²) in [6, 6.07) is 1.73. The average molecular weight is 265 g/mol. The molecule has 2 heterocycles. The molecule has 1 aliphatic rings. The van der Waals surface area contributed by atoms with Gasteiger partial charge in [0, 0.05) is 32.1 Å². The maximum absolute atomic E-state index is 11.8. The number of nitrogens with zero attached hydrogens (tertiary/aromatic N) is 2. The Balaban J connectivity index is 1.74. The summed E-state index contributed by atoms with van der Waals surface area (Å²) in [7, 11) is 0. The van der Waals surface area contributed by atoms with Crippen LogP contribution in [0.5, 0.6) is 0 Å². The number of carbonyl (C=O) groups is 1. The molecule has 5 heteroatoms.